The van der Waals surface area contributed by atoms with Crippen LogP contribution in [-0.4, -0.2) is 30.5 Å². The third-order valence-electron chi connectivity index (χ3n) is 3.46. The number of thiazole rings is 1. The summed E-state index contributed by atoms with van der Waals surface area (Å²) in [5.74, 6) is 0.230. The van der Waals surface area contributed by atoms with E-state index in [9.17, 15) is 9.18 Å². The van der Waals surface area contributed by atoms with Crippen LogP contribution in [0.25, 0.3) is 0 Å². The van der Waals surface area contributed by atoms with Gasteiger partial charge in [-0.2, -0.15) is 0 Å². The van der Waals surface area contributed by atoms with Crippen LogP contribution >= 0.6 is 36.2 Å². The molecule has 1 saturated heterocycles. The van der Waals surface area contributed by atoms with Crippen molar-refractivity contribution in [3.63, 3.8) is 0 Å². The van der Waals surface area contributed by atoms with Gasteiger partial charge in [-0.25, -0.2) is 9.37 Å². The lowest BCUT2D eigenvalue weighted by atomic mass is 10.0. The molecule has 0 aliphatic carbocycles. The molecule has 1 aromatic heterocycles. The normalized spacial score (nSPS) is 13.4. The predicted molar refractivity (Wildman–Crippen MR) is 94.5 cm³/mol. The second-order valence-electron chi connectivity index (χ2n) is 5.16. The van der Waals surface area contributed by atoms with Crippen LogP contribution in [0.1, 0.15) is 20.2 Å². The third-order valence-corrected chi connectivity index (χ3v) is 4.46. The van der Waals surface area contributed by atoms with Crippen molar-refractivity contribution in [1.29, 1.82) is 0 Å². The zero-order valence-corrected chi connectivity index (χ0v) is 14.7. The summed E-state index contributed by atoms with van der Waals surface area (Å²) in [4.78, 5) is 16.9. The lowest BCUT2D eigenvalue weighted by Gasteiger charge is -2.26. The van der Waals surface area contributed by atoms with Gasteiger partial charge in [0.05, 0.1) is 11.2 Å². The number of carbonyl (C=O) groups excluding carboxylic acids is 1. The van der Waals surface area contributed by atoms with Crippen molar-refractivity contribution in [2.24, 2.45) is 5.92 Å². The van der Waals surface area contributed by atoms with Crippen molar-refractivity contribution in [3.8, 4) is 0 Å². The van der Waals surface area contributed by atoms with E-state index in [0.717, 1.165) is 23.7 Å². The first kappa shape index (κ1) is 19.8. The summed E-state index contributed by atoms with van der Waals surface area (Å²) in [6.07, 6.45) is 2.22. The van der Waals surface area contributed by atoms with Gasteiger partial charge in [0, 0.05) is 32.0 Å². The lowest BCUT2D eigenvalue weighted by molar-refractivity contribution is 0.0946. The molecular weight excluding hydrogens is 360 g/mol. The highest BCUT2D eigenvalue weighted by atomic mass is 35.5. The number of rotatable bonds is 5. The molecule has 8 heteroatoms. The summed E-state index contributed by atoms with van der Waals surface area (Å²) in [5.41, 5.74) is 0.984. The molecule has 0 spiro atoms. The van der Waals surface area contributed by atoms with Gasteiger partial charge in [0.25, 0.3) is 5.91 Å². The van der Waals surface area contributed by atoms with Crippen molar-refractivity contribution >= 4 is 42.1 Å². The lowest BCUT2D eigenvalue weighted by Crippen LogP contribution is -2.48. The van der Waals surface area contributed by atoms with E-state index in [1.807, 2.05) is 0 Å². The molecule has 1 amide bonds. The summed E-state index contributed by atoms with van der Waals surface area (Å²) in [6, 6.07) is 6.34. The molecule has 2 aromatic rings. The number of amides is 1. The Bertz CT molecular complexity index is 632. The second kappa shape index (κ2) is 9.17. The van der Waals surface area contributed by atoms with Crippen LogP contribution in [0.2, 0.25) is 0 Å². The zero-order valence-electron chi connectivity index (χ0n) is 12.3. The average Bonchev–Trinajstić information content (AvgIpc) is 2.88. The number of benzene rings is 1. The molecule has 4 nitrogen and oxygen atoms in total. The predicted octanol–water partition coefficient (Wildman–Crippen LogP) is 2.67. The largest absolute Gasteiger partial charge is 0.351 e. The minimum Gasteiger partial charge on any atom is -0.351 e. The van der Waals surface area contributed by atoms with Gasteiger partial charge in [-0.05, 0) is 17.7 Å². The van der Waals surface area contributed by atoms with Crippen LogP contribution in [-0.2, 0) is 6.42 Å². The molecule has 0 atom stereocenters. The van der Waals surface area contributed by atoms with Gasteiger partial charge >= 0.3 is 0 Å². The van der Waals surface area contributed by atoms with Gasteiger partial charge in [0.2, 0.25) is 0 Å². The Morgan fingerprint density at radius 2 is 2.00 bits per heavy atom. The van der Waals surface area contributed by atoms with Crippen molar-refractivity contribution < 1.29 is 9.18 Å². The summed E-state index contributed by atoms with van der Waals surface area (Å²) >= 11 is 1.38. The number of hydrogen-bond acceptors (Lipinski definition) is 4. The SMILES string of the molecule is Cl.Cl.O=C(NCC1CNC1)c1cnc(Cc2ccc(F)cc2)s1. The van der Waals surface area contributed by atoms with Crippen molar-refractivity contribution in [2.75, 3.05) is 19.6 Å². The molecule has 23 heavy (non-hydrogen) atoms. The maximum absolute atomic E-state index is 12.8. The maximum Gasteiger partial charge on any atom is 0.263 e. The number of nitrogens with zero attached hydrogens (tertiary/aromatic N) is 1. The van der Waals surface area contributed by atoms with Crippen molar-refractivity contribution in [3.05, 3.63) is 51.7 Å². The van der Waals surface area contributed by atoms with E-state index in [2.05, 4.69) is 15.6 Å². The first-order valence-electron chi connectivity index (χ1n) is 6.89. The summed E-state index contributed by atoms with van der Waals surface area (Å²) in [6.45, 7) is 2.65. The topological polar surface area (TPSA) is 54.0 Å². The fourth-order valence-corrected chi connectivity index (χ4v) is 2.96. The molecule has 1 aliphatic heterocycles. The second-order valence-corrected chi connectivity index (χ2v) is 6.27. The molecule has 1 aromatic carbocycles. The Morgan fingerprint density at radius 1 is 1.30 bits per heavy atom. The monoisotopic (exact) mass is 377 g/mol. The Morgan fingerprint density at radius 3 is 2.61 bits per heavy atom. The van der Waals surface area contributed by atoms with Gasteiger partial charge < -0.3 is 10.6 Å². The van der Waals surface area contributed by atoms with Crippen LogP contribution in [0.5, 0.6) is 0 Å². The van der Waals surface area contributed by atoms with Crippen LogP contribution in [0.4, 0.5) is 4.39 Å². The van der Waals surface area contributed by atoms with E-state index < -0.39 is 0 Å². The highest BCUT2D eigenvalue weighted by molar-refractivity contribution is 7.13. The van der Waals surface area contributed by atoms with E-state index in [4.69, 9.17) is 0 Å². The molecule has 1 fully saturated rings. The van der Waals surface area contributed by atoms with Gasteiger partial charge in [0.1, 0.15) is 10.7 Å². The Balaban J connectivity index is 0.00000132. The molecule has 0 bridgehead atoms. The highest BCUT2D eigenvalue weighted by Crippen LogP contribution is 2.17. The Labute approximate surface area is 150 Å². The van der Waals surface area contributed by atoms with Gasteiger partial charge in [-0.15, -0.1) is 36.2 Å². The maximum atomic E-state index is 12.8. The van der Waals surface area contributed by atoms with E-state index in [1.165, 1.54) is 23.5 Å². The number of nitrogens with one attached hydrogen (secondary N) is 2. The molecule has 126 valence electrons. The third kappa shape index (κ3) is 5.42. The van der Waals surface area contributed by atoms with Crippen molar-refractivity contribution in [2.45, 2.75) is 6.42 Å². The Kier molecular flexibility index (Phi) is 7.91. The first-order chi connectivity index (χ1) is 10.2. The van der Waals surface area contributed by atoms with Crippen LogP contribution in [0.3, 0.4) is 0 Å². The van der Waals surface area contributed by atoms with Gasteiger partial charge in [0.15, 0.2) is 0 Å². The zero-order chi connectivity index (χ0) is 14.7. The van der Waals surface area contributed by atoms with Gasteiger partial charge in [-0.3, -0.25) is 4.79 Å². The molecule has 3 rings (SSSR count). The van der Waals surface area contributed by atoms with Crippen LogP contribution in [0.15, 0.2) is 30.5 Å². The van der Waals surface area contributed by atoms with Crippen LogP contribution < -0.4 is 10.6 Å². The van der Waals surface area contributed by atoms with Crippen molar-refractivity contribution in [1.82, 2.24) is 15.6 Å². The first-order valence-corrected chi connectivity index (χ1v) is 7.70. The Hall–Kier alpha value is -1.21. The molecule has 0 radical (unpaired) electrons. The molecule has 2 heterocycles. The number of halogens is 3. The standard InChI is InChI=1S/C15H16FN3OS.2ClH/c16-12-3-1-10(2-4-12)5-14-18-9-13(21-14)15(20)19-8-11-6-17-7-11;;/h1-4,9,11,17H,5-8H2,(H,19,20);2*1H. The van der Waals surface area contributed by atoms with E-state index in [0.29, 0.717) is 23.8 Å². The summed E-state index contributed by atoms with van der Waals surface area (Å²) in [7, 11) is 0. The fourth-order valence-electron chi connectivity index (χ4n) is 2.09. The van der Waals surface area contributed by atoms with Crippen LogP contribution in [0, 0.1) is 11.7 Å². The summed E-state index contributed by atoms with van der Waals surface area (Å²) in [5, 5.41) is 6.96. The van der Waals surface area contributed by atoms with E-state index >= 15 is 0 Å². The van der Waals surface area contributed by atoms with E-state index in [-0.39, 0.29) is 36.5 Å². The number of hydrogen-bond donors (Lipinski definition) is 2. The minimum atomic E-state index is -0.247. The average molecular weight is 378 g/mol. The fraction of sp³-hybridized carbons (Fsp3) is 0.333. The smallest absolute Gasteiger partial charge is 0.263 e. The van der Waals surface area contributed by atoms with E-state index in [1.54, 1.807) is 18.3 Å². The highest BCUT2D eigenvalue weighted by Gasteiger charge is 2.18. The molecule has 0 saturated carbocycles. The quantitative estimate of drug-likeness (QED) is 0.841. The molecule has 2 N–H and O–H groups in total. The molecule has 1 aliphatic rings. The number of carbonyl (C=O) groups is 1. The molecule has 0 unspecified atom stereocenters. The number of aromatic nitrogens is 1. The minimum absolute atomic E-state index is 0. The van der Waals surface area contributed by atoms with Gasteiger partial charge in [-0.1, -0.05) is 12.1 Å². The summed E-state index contributed by atoms with van der Waals surface area (Å²) < 4.78 is 12.8. The molecular formula is C15H18Cl2FN3OS.